The van der Waals surface area contributed by atoms with Crippen LogP contribution < -0.4 is 0 Å². The van der Waals surface area contributed by atoms with Crippen molar-refractivity contribution in [3.8, 4) is 0 Å². The maximum absolute atomic E-state index is 11.5. The Labute approximate surface area is 96.4 Å². The van der Waals surface area contributed by atoms with Crippen LogP contribution in [0, 0.1) is 12.8 Å². The van der Waals surface area contributed by atoms with Crippen LogP contribution in [0.4, 0.5) is 0 Å². The fraction of sp³-hybridized carbons (Fsp3) is 0.667. The highest BCUT2D eigenvalue weighted by Gasteiger charge is 2.38. The molecular formula is C9H12N2O2S2. The van der Waals surface area contributed by atoms with E-state index in [1.807, 2.05) is 6.92 Å². The molecule has 1 fully saturated rings. The molecule has 1 unspecified atom stereocenters. The molecule has 4 nitrogen and oxygen atoms in total. The number of esters is 1. The molecule has 0 bridgehead atoms. The summed E-state index contributed by atoms with van der Waals surface area (Å²) in [7, 11) is 1.43. The van der Waals surface area contributed by atoms with Crippen molar-refractivity contribution in [2.24, 2.45) is 5.92 Å². The predicted molar refractivity (Wildman–Crippen MR) is 59.0 cm³/mol. The van der Waals surface area contributed by atoms with Gasteiger partial charge in [-0.1, -0.05) is 23.1 Å². The number of carbonyl (C=O) groups is 1. The van der Waals surface area contributed by atoms with Gasteiger partial charge in [-0.15, -0.1) is 10.2 Å². The van der Waals surface area contributed by atoms with Crippen molar-refractivity contribution in [1.82, 2.24) is 10.2 Å². The molecule has 0 N–H and O–H groups in total. The van der Waals surface area contributed by atoms with Gasteiger partial charge in [0, 0.05) is 0 Å². The average molecular weight is 244 g/mol. The first-order valence-corrected chi connectivity index (χ1v) is 6.45. The molecule has 0 aromatic carbocycles. The van der Waals surface area contributed by atoms with E-state index in [-0.39, 0.29) is 11.2 Å². The van der Waals surface area contributed by atoms with Crippen LogP contribution in [0.3, 0.4) is 0 Å². The van der Waals surface area contributed by atoms with Gasteiger partial charge in [-0.2, -0.15) is 0 Å². The number of aryl methyl sites for hydroxylation is 1. The zero-order valence-electron chi connectivity index (χ0n) is 8.60. The number of methoxy groups -OCH3 is 1. The van der Waals surface area contributed by atoms with Gasteiger partial charge in [0.05, 0.1) is 7.11 Å². The average Bonchev–Trinajstić information content (AvgIpc) is 2.98. The van der Waals surface area contributed by atoms with Crippen molar-refractivity contribution in [2.45, 2.75) is 29.4 Å². The van der Waals surface area contributed by atoms with Crippen LogP contribution in [0.1, 0.15) is 17.8 Å². The second kappa shape index (κ2) is 4.49. The number of aromatic nitrogens is 2. The Balaban J connectivity index is 2.03. The molecule has 0 radical (unpaired) electrons. The Morgan fingerprint density at radius 2 is 2.33 bits per heavy atom. The first kappa shape index (κ1) is 10.9. The lowest BCUT2D eigenvalue weighted by Gasteiger charge is -2.10. The third kappa shape index (κ3) is 2.69. The normalized spacial score (nSPS) is 17.5. The minimum atomic E-state index is -0.143. The summed E-state index contributed by atoms with van der Waals surface area (Å²) in [6.45, 7) is 1.91. The number of rotatable bonds is 4. The van der Waals surface area contributed by atoms with Crippen molar-refractivity contribution in [2.75, 3.05) is 7.11 Å². The topological polar surface area (TPSA) is 52.1 Å². The van der Waals surface area contributed by atoms with E-state index in [9.17, 15) is 4.79 Å². The fourth-order valence-corrected chi connectivity index (χ4v) is 3.53. The summed E-state index contributed by atoms with van der Waals surface area (Å²) in [6, 6.07) is 0. The Morgan fingerprint density at radius 3 is 2.80 bits per heavy atom. The van der Waals surface area contributed by atoms with Gasteiger partial charge >= 0.3 is 5.97 Å². The number of hydrogen-bond donors (Lipinski definition) is 0. The number of nitrogens with zero attached hydrogens (tertiary/aromatic N) is 2. The quantitative estimate of drug-likeness (QED) is 0.598. The van der Waals surface area contributed by atoms with Gasteiger partial charge in [0.1, 0.15) is 10.3 Å². The molecule has 1 atom stereocenters. The summed E-state index contributed by atoms with van der Waals surface area (Å²) in [5.41, 5.74) is 0. The van der Waals surface area contributed by atoms with Gasteiger partial charge in [0.2, 0.25) is 0 Å². The summed E-state index contributed by atoms with van der Waals surface area (Å²) in [5, 5.41) is 8.77. The molecule has 0 saturated heterocycles. The van der Waals surface area contributed by atoms with E-state index < -0.39 is 0 Å². The number of ether oxygens (including phenoxy) is 1. The lowest BCUT2D eigenvalue weighted by Crippen LogP contribution is -2.20. The summed E-state index contributed by atoms with van der Waals surface area (Å²) in [6.07, 6.45) is 2.23. The Kier molecular flexibility index (Phi) is 3.25. The molecule has 82 valence electrons. The van der Waals surface area contributed by atoms with E-state index in [0.717, 1.165) is 22.2 Å². The Morgan fingerprint density at radius 1 is 1.60 bits per heavy atom. The van der Waals surface area contributed by atoms with Gasteiger partial charge in [-0.25, -0.2) is 0 Å². The maximum atomic E-state index is 11.5. The smallest absolute Gasteiger partial charge is 0.319 e. The summed E-state index contributed by atoms with van der Waals surface area (Å²) >= 11 is 3.01. The molecular weight excluding hydrogens is 232 g/mol. The van der Waals surface area contributed by atoms with Crippen LogP contribution in [0.25, 0.3) is 0 Å². The SMILES string of the molecule is COC(=O)C(Sc1nnc(C)s1)C1CC1. The van der Waals surface area contributed by atoms with Crippen LogP contribution >= 0.6 is 23.1 Å². The van der Waals surface area contributed by atoms with Crippen molar-refractivity contribution in [1.29, 1.82) is 0 Å². The predicted octanol–water partition coefficient (Wildman–Crippen LogP) is 1.89. The fourth-order valence-electron chi connectivity index (χ4n) is 1.29. The Bertz CT molecular complexity index is 363. The van der Waals surface area contributed by atoms with Gasteiger partial charge in [0.15, 0.2) is 4.34 Å². The van der Waals surface area contributed by atoms with E-state index >= 15 is 0 Å². The maximum Gasteiger partial charge on any atom is 0.319 e. The molecule has 1 aromatic heterocycles. The van der Waals surface area contributed by atoms with Crippen LogP contribution in [0.2, 0.25) is 0 Å². The number of hydrogen-bond acceptors (Lipinski definition) is 6. The lowest BCUT2D eigenvalue weighted by atomic mass is 10.3. The minimum Gasteiger partial charge on any atom is -0.468 e. The summed E-state index contributed by atoms with van der Waals surface area (Å²) in [5.74, 6) is 0.321. The van der Waals surface area contributed by atoms with E-state index in [4.69, 9.17) is 4.74 Å². The number of thioether (sulfide) groups is 1. The zero-order chi connectivity index (χ0) is 10.8. The van der Waals surface area contributed by atoms with Gasteiger partial charge < -0.3 is 4.74 Å². The van der Waals surface area contributed by atoms with E-state index in [2.05, 4.69) is 10.2 Å². The standard InChI is InChI=1S/C9H12N2O2S2/c1-5-10-11-9(14-5)15-7(6-3-4-6)8(12)13-2/h6-7H,3-4H2,1-2H3. The molecule has 0 spiro atoms. The van der Waals surface area contributed by atoms with Crippen molar-refractivity contribution < 1.29 is 9.53 Å². The van der Waals surface area contributed by atoms with Crippen LogP contribution in [0.5, 0.6) is 0 Å². The first-order valence-electron chi connectivity index (χ1n) is 4.75. The van der Waals surface area contributed by atoms with E-state index in [1.54, 1.807) is 0 Å². The highest BCUT2D eigenvalue weighted by Crippen LogP contribution is 2.42. The minimum absolute atomic E-state index is 0.0950. The number of carbonyl (C=O) groups excluding carboxylic acids is 1. The summed E-state index contributed by atoms with van der Waals surface area (Å²) < 4.78 is 5.65. The van der Waals surface area contributed by atoms with Gasteiger partial charge in [-0.3, -0.25) is 4.79 Å². The van der Waals surface area contributed by atoms with Crippen molar-refractivity contribution in [3.63, 3.8) is 0 Å². The summed E-state index contributed by atoms with van der Waals surface area (Å²) in [4.78, 5) is 11.5. The molecule has 1 aliphatic carbocycles. The highest BCUT2D eigenvalue weighted by atomic mass is 32.2. The highest BCUT2D eigenvalue weighted by molar-refractivity contribution is 8.02. The molecule has 1 saturated carbocycles. The molecule has 2 rings (SSSR count). The van der Waals surface area contributed by atoms with Crippen LogP contribution in [0.15, 0.2) is 4.34 Å². The van der Waals surface area contributed by atoms with E-state index in [0.29, 0.717) is 5.92 Å². The molecule has 0 amide bonds. The van der Waals surface area contributed by atoms with E-state index in [1.165, 1.54) is 30.2 Å². The molecule has 0 aliphatic heterocycles. The van der Waals surface area contributed by atoms with Crippen LogP contribution in [-0.4, -0.2) is 28.5 Å². The second-order valence-electron chi connectivity index (χ2n) is 3.49. The Hall–Kier alpha value is -0.620. The molecule has 15 heavy (non-hydrogen) atoms. The monoisotopic (exact) mass is 244 g/mol. The van der Waals surface area contributed by atoms with Gasteiger partial charge in [-0.05, 0) is 25.7 Å². The zero-order valence-corrected chi connectivity index (χ0v) is 10.2. The third-order valence-electron chi connectivity index (χ3n) is 2.22. The first-order chi connectivity index (χ1) is 7.20. The molecule has 6 heteroatoms. The van der Waals surface area contributed by atoms with Crippen molar-refractivity contribution in [3.05, 3.63) is 5.01 Å². The molecule has 1 aliphatic rings. The molecule has 1 heterocycles. The third-order valence-corrected chi connectivity index (χ3v) is 4.51. The largest absolute Gasteiger partial charge is 0.468 e. The lowest BCUT2D eigenvalue weighted by molar-refractivity contribution is -0.140. The second-order valence-corrected chi connectivity index (χ2v) is 6.06. The molecule has 1 aromatic rings. The van der Waals surface area contributed by atoms with Crippen LogP contribution in [-0.2, 0) is 9.53 Å². The van der Waals surface area contributed by atoms with Gasteiger partial charge in [0.25, 0.3) is 0 Å². The van der Waals surface area contributed by atoms with Crippen molar-refractivity contribution >= 4 is 29.1 Å².